The lowest BCUT2D eigenvalue weighted by Gasteiger charge is -2.21. The fraction of sp³-hybridized carbons (Fsp3) is 0.0370. The zero-order chi connectivity index (χ0) is 21.1. The minimum absolute atomic E-state index is 0.605. The highest BCUT2D eigenvalue weighted by molar-refractivity contribution is 7.51. The summed E-state index contributed by atoms with van der Waals surface area (Å²) in [5, 5.41) is 14.9. The normalized spacial score (nSPS) is 15.4. The molecule has 0 aromatic heterocycles. The Hall–Kier alpha value is -2.55. The second kappa shape index (κ2) is 7.50. The molecule has 1 aliphatic heterocycles. The van der Waals surface area contributed by atoms with E-state index in [0.717, 1.165) is 32.6 Å². The summed E-state index contributed by atoms with van der Waals surface area (Å²) in [6.07, 6.45) is 0.971. The molecule has 0 spiro atoms. The molecule has 5 heteroatoms. The monoisotopic (exact) mass is 469 g/mol. The molecule has 6 aromatic carbocycles. The zero-order valence-corrected chi connectivity index (χ0v) is 21.3. The van der Waals surface area contributed by atoms with Gasteiger partial charge in [0.25, 0.3) is 0 Å². The molecule has 6 aromatic rings. The molecule has 0 aliphatic carbocycles. The molecule has 1 aliphatic rings. The van der Waals surface area contributed by atoms with E-state index >= 15 is 0 Å². The third kappa shape index (κ3) is 3.04. The van der Waals surface area contributed by atoms with E-state index in [-0.39, 0.29) is 0 Å². The molecule has 0 atom stereocenters. The summed E-state index contributed by atoms with van der Waals surface area (Å²) in [7, 11) is 2.21. The lowest BCUT2D eigenvalue weighted by Crippen LogP contribution is -2.50. The molecule has 0 N–H and O–H groups in total. The van der Waals surface area contributed by atoms with Crippen LogP contribution < -0.4 is 5.19 Å². The molecular weight excluding hydrogens is 453 g/mol. The Morgan fingerprint density at radius 1 is 0.562 bits per heavy atom. The van der Waals surface area contributed by atoms with Gasteiger partial charge in [0.05, 0.1) is 8.31 Å². The van der Waals surface area contributed by atoms with Gasteiger partial charge in [-0.1, -0.05) is 59.8 Å². The summed E-state index contributed by atoms with van der Waals surface area (Å²) in [6.45, 7) is 0. The van der Waals surface area contributed by atoms with E-state index in [1.807, 2.05) is 0 Å². The van der Waals surface area contributed by atoms with Crippen molar-refractivity contribution in [3.63, 3.8) is 0 Å². The van der Waals surface area contributed by atoms with E-state index in [9.17, 15) is 0 Å². The van der Waals surface area contributed by atoms with Crippen LogP contribution in [0.25, 0.3) is 53.9 Å². The highest BCUT2D eigenvalue weighted by Crippen LogP contribution is 2.33. The maximum Gasteiger partial charge on any atom is 0.201 e. The van der Waals surface area contributed by atoms with Crippen LogP contribution in [-0.4, -0.2) is 40.9 Å². The van der Waals surface area contributed by atoms with Crippen LogP contribution in [0.4, 0.5) is 0 Å². The molecule has 7 radical (unpaired) electrons. The fourth-order valence-corrected chi connectivity index (χ4v) is 20.5. The first-order valence-corrected chi connectivity index (χ1v) is 18.4. The first-order valence-electron chi connectivity index (χ1n) is 10.8. The van der Waals surface area contributed by atoms with Gasteiger partial charge < -0.3 is 4.43 Å². The quantitative estimate of drug-likeness (QED) is 0.185. The van der Waals surface area contributed by atoms with E-state index < -0.39 is 8.31 Å². The first-order chi connectivity index (χ1) is 15.8. The van der Waals surface area contributed by atoms with Crippen molar-refractivity contribution < 1.29 is 4.43 Å². The number of hydrogen-bond donors (Lipinski definition) is 0. The van der Waals surface area contributed by atoms with Crippen LogP contribution in [0, 0.1) is 0 Å². The van der Waals surface area contributed by atoms with Crippen LogP contribution in [0.15, 0.2) is 91.0 Å². The van der Waals surface area contributed by atoms with Gasteiger partial charge in [-0.05, 0) is 90.3 Å². The molecule has 1 nitrogen and oxygen atoms in total. The maximum absolute atomic E-state index is 5.92. The van der Waals surface area contributed by atoms with Crippen molar-refractivity contribution in [3.05, 3.63) is 91.0 Å². The minimum Gasteiger partial charge on any atom is -0.426 e. The predicted octanol–water partition coefficient (Wildman–Crippen LogP) is 5.08. The number of rotatable bonds is 1. The van der Waals surface area contributed by atoms with E-state index in [0.29, 0.717) is 0 Å². The molecule has 0 amide bonds. The van der Waals surface area contributed by atoms with Crippen molar-refractivity contribution in [3.8, 4) is 0 Å². The van der Waals surface area contributed by atoms with Crippen LogP contribution in [0.3, 0.4) is 0 Å². The van der Waals surface area contributed by atoms with Gasteiger partial charge in [-0.25, -0.2) is 0 Å². The molecule has 0 bridgehead atoms. The van der Waals surface area contributed by atoms with Gasteiger partial charge in [0.15, 0.2) is 0 Å². The van der Waals surface area contributed by atoms with Crippen molar-refractivity contribution in [2.24, 2.45) is 0 Å². The zero-order valence-electron chi connectivity index (χ0n) is 17.3. The van der Waals surface area contributed by atoms with Gasteiger partial charge in [0, 0.05) is 23.3 Å². The summed E-state index contributed by atoms with van der Waals surface area (Å²) in [5.41, 5.74) is 0. The number of benzene rings is 6. The minimum atomic E-state index is -0.605. The van der Waals surface area contributed by atoms with Crippen LogP contribution in [0.2, 0.25) is 0 Å². The van der Waals surface area contributed by atoms with Gasteiger partial charge in [-0.15, -0.1) is 0 Å². The van der Waals surface area contributed by atoms with E-state index in [2.05, 4.69) is 91.0 Å². The summed E-state index contributed by atoms with van der Waals surface area (Å²) < 4.78 is 5.92. The molecule has 7 rings (SSSR count). The lowest BCUT2D eigenvalue weighted by molar-refractivity contribution is 0.419. The fourth-order valence-electron chi connectivity index (χ4n) is 4.96. The predicted molar refractivity (Wildman–Crippen MR) is 143 cm³/mol. The van der Waals surface area contributed by atoms with Crippen LogP contribution in [0.1, 0.15) is 0 Å². The van der Waals surface area contributed by atoms with Crippen molar-refractivity contribution in [1.29, 1.82) is 0 Å². The topological polar surface area (TPSA) is 9.23 Å². The molecule has 1 heterocycles. The number of hydrogen-bond acceptors (Lipinski definition) is 1. The molecule has 1 saturated heterocycles. The molecule has 1 fully saturated rings. The maximum atomic E-state index is 5.92. The molecule has 32 heavy (non-hydrogen) atoms. The Bertz CT molecular complexity index is 1670. The molecule has 0 unspecified atom stereocenters. The SMILES string of the molecule is c1ccc2cc3cc4c(ccc5cc6cccc([Si]7CO[Si][Si][Si]7)c6cc54)cc3cc2c1. The summed E-state index contributed by atoms with van der Waals surface area (Å²) >= 11 is 0. The van der Waals surface area contributed by atoms with Crippen molar-refractivity contribution in [1.82, 2.24) is 0 Å². The van der Waals surface area contributed by atoms with Crippen molar-refractivity contribution >= 4 is 93.8 Å². The Morgan fingerprint density at radius 3 is 1.94 bits per heavy atom. The van der Waals surface area contributed by atoms with Crippen LogP contribution in [-0.2, 0) is 4.43 Å². The third-order valence-corrected chi connectivity index (χ3v) is 20.6. The molecule has 0 saturated carbocycles. The summed E-state index contributed by atoms with van der Waals surface area (Å²) in [5.74, 6) is 0. The van der Waals surface area contributed by atoms with Gasteiger partial charge in [-0.3, -0.25) is 0 Å². The van der Waals surface area contributed by atoms with Crippen molar-refractivity contribution in [2.45, 2.75) is 0 Å². The van der Waals surface area contributed by atoms with Gasteiger partial charge in [0.1, 0.15) is 0 Å². The Morgan fingerprint density at radius 2 is 1.19 bits per heavy atom. The Labute approximate surface area is 195 Å². The third-order valence-electron chi connectivity index (χ3n) is 6.53. The first kappa shape index (κ1) is 19.0. The van der Waals surface area contributed by atoms with Crippen molar-refractivity contribution in [2.75, 3.05) is 6.23 Å². The standard InChI is InChI=1S/C27H17OSi4/c1-2-5-18-11-23-14-24-21(13-22(23)10-17(18)4-1)9-8-20-12-19-6-3-7-27(26(19)15-25(20)24)32-16-28-29-30-31-32/h1-15H,16H2. The second-order valence-electron chi connectivity index (χ2n) is 8.40. The van der Waals surface area contributed by atoms with E-state index in [4.69, 9.17) is 4.43 Å². The van der Waals surface area contributed by atoms with Crippen LogP contribution >= 0.6 is 0 Å². The highest BCUT2D eigenvalue weighted by atomic mass is 29.7. The van der Waals surface area contributed by atoms with Gasteiger partial charge in [-0.2, -0.15) is 0 Å². The average Bonchev–Trinajstić information content (AvgIpc) is 2.85. The van der Waals surface area contributed by atoms with E-state index in [1.54, 1.807) is 5.19 Å². The molecular formula is C27H17OSi4. The van der Waals surface area contributed by atoms with E-state index in [1.165, 1.54) is 53.9 Å². The Balaban J connectivity index is 1.53. The highest BCUT2D eigenvalue weighted by Gasteiger charge is 2.22. The second-order valence-corrected chi connectivity index (χ2v) is 19.6. The smallest absolute Gasteiger partial charge is 0.201 e. The van der Waals surface area contributed by atoms with Gasteiger partial charge >= 0.3 is 0 Å². The van der Waals surface area contributed by atoms with Gasteiger partial charge in [0.2, 0.25) is 9.28 Å². The summed E-state index contributed by atoms with van der Waals surface area (Å²) in [4.78, 5) is 0. The number of fused-ring (bicyclic) bond motifs is 6. The molecule has 147 valence electrons. The largest absolute Gasteiger partial charge is 0.426 e. The van der Waals surface area contributed by atoms with Crippen LogP contribution in [0.5, 0.6) is 0 Å². The lowest BCUT2D eigenvalue weighted by atomic mass is 9.95. The Kier molecular flexibility index (Phi) is 4.45. The summed E-state index contributed by atoms with van der Waals surface area (Å²) in [6, 6.07) is 34.4. The average molecular weight is 470 g/mol.